The van der Waals surface area contributed by atoms with Crippen molar-refractivity contribution >= 4 is 17.5 Å². The lowest BCUT2D eigenvalue weighted by Gasteiger charge is -2.06. The number of hydrogen-bond acceptors (Lipinski definition) is 3. The molecule has 1 aromatic rings. The van der Waals surface area contributed by atoms with Gasteiger partial charge in [0.25, 0.3) is 5.91 Å². The second-order valence-electron chi connectivity index (χ2n) is 2.97. The molecule has 0 bridgehead atoms. The van der Waals surface area contributed by atoms with Gasteiger partial charge in [0.05, 0.1) is 10.6 Å². The average molecular weight is 230 g/mol. The first-order valence-electron chi connectivity index (χ1n) is 4.53. The molecule has 0 aromatic heterocycles. The van der Waals surface area contributed by atoms with Crippen molar-refractivity contribution in [2.45, 2.75) is 6.42 Å². The third-order valence-corrected chi connectivity index (χ3v) is 2.24. The molecule has 0 aliphatic heterocycles. The highest BCUT2D eigenvalue weighted by atomic mass is 35.5. The number of nitrogens with one attached hydrogen (secondary N) is 1. The second-order valence-corrected chi connectivity index (χ2v) is 3.35. The fraction of sp³-hybridized carbons (Fsp3) is 0.300. The summed E-state index contributed by atoms with van der Waals surface area (Å²) in [4.78, 5) is 11.5. The smallest absolute Gasteiger partial charge is 0.252 e. The molecule has 0 unspecified atom stereocenters. The average Bonchev–Trinajstić information content (AvgIpc) is 2.22. The highest BCUT2D eigenvalue weighted by molar-refractivity contribution is 6.35. The number of carbonyl (C=O) groups is 1. The van der Waals surface area contributed by atoms with Gasteiger partial charge in [0.1, 0.15) is 5.75 Å². The number of aromatic hydroxyl groups is 1. The Hall–Kier alpha value is -1.26. The molecule has 0 heterocycles. The van der Waals surface area contributed by atoms with Crippen molar-refractivity contribution in [1.29, 1.82) is 0 Å². The molecule has 15 heavy (non-hydrogen) atoms. The number of phenolic OH excluding ortho intramolecular Hbond substituents is 1. The summed E-state index contributed by atoms with van der Waals surface area (Å²) in [7, 11) is 0. The molecule has 82 valence electrons. The molecular weight excluding hydrogens is 218 g/mol. The van der Waals surface area contributed by atoms with E-state index in [1.807, 2.05) is 0 Å². The fourth-order valence-electron chi connectivity index (χ4n) is 1.07. The van der Waals surface area contributed by atoms with Crippen LogP contribution in [0.3, 0.4) is 0 Å². The molecule has 5 heteroatoms. The molecule has 1 amide bonds. The molecule has 0 spiro atoms. The molecule has 0 aliphatic carbocycles. The molecule has 0 radical (unpaired) electrons. The number of amides is 1. The maximum atomic E-state index is 11.5. The molecule has 4 nitrogen and oxygen atoms in total. The Balaban J connectivity index is 2.69. The summed E-state index contributed by atoms with van der Waals surface area (Å²) in [6.07, 6.45) is 0.488. The topological polar surface area (TPSA) is 69.6 Å². The molecule has 1 rings (SSSR count). The number of hydrogen-bond donors (Lipinski definition) is 3. The molecule has 0 aliphatic rings. The van der Waals surface area contributed by atoms with Crippen LogP contribution in [0.25, 0.3) is 0 Å². The quantitative estimate of drug-likeness (QED) is 0.679. The third-order valence-electron chi connectivity index (χ3n) is 1.84. The summed E-state index contributed by atoms with van der Waals surface area (Å²) in [6.45, 7) is 0.398. The summed E-state index contributed by atoms with van der Waals surface area (Å²) in [5.41, 5.74) is 0.231. The third kappa shape index (κ3) is 3.11. The summed E-state index contributed by atoms with van der Waals surface area (Å²) < 4.78 is 0. The van der Waals surface area contributed by atoms with Gasteiger partial charge in [-0.05, 0) is 18.6 Å². The van der Waals surface area contributed by atoms with E-state index in [4.69, 9.17) is 16.7 Å². The van der Waals surface area contributed by atoms with Gasteiger partial charge in [-0.1, -0.05) is 17.7 Å². The predicted molar refractivity (Wildman–Crippen MR) is 57.2 cm³/mol. The van der Waals surface area contributed by atoms with E-state index in [2.05, 4.69) is 5.32 Å². The number of benzene rings is 1. The Morgan fingerprint density at radius 2 is 2.20 bits per heavy atom. The lowest BCUT2D eigenvalue weighted by molar-refractivity contribution is 0.0951. The minimum Gasteiger partial charge on any atom is -0.506 e. The SMILES string of the molecule is O=C(NCCCO)c1cccc(O)c1Cl. The number of aliphatic hydroxyl groups excluding tert-OH is 1. The van der Waals surface area contributed by atoms with Crippen LogP contribution in [0.1, 0.15) is 16.8 Å². The minimum atomic E-state index is -0.357. The maximum absolute atomic E-state index is 11.5. The van der Waals surface area contributed by atoms with Gasteiger partial charge < -0.3 is 15.5 Å². The van der Waals surface area contributed by atoms with Gasteiger partial charge in [0, 0.05) is 13.2 Å². The maximum Gasteiger partial charge on any atom is 0.252 e. The number of carbonyl (C=O) groups excluding carboxylic acids is 1. The molecule has 0 saturated carbocycles. The molecule has 0 saturated heterocycles. The van der Waals surface area contributed by atoms with E-state index in [0.717, 1.165) is 0 Å². The van der Waals surface area contributed by atoms with Gasteiger partial charge in [0.2, 0.25) is 0 Å². The zero-order chi connectivity index (χ0) is 11.3. The molecule has 3 N–H and O–H groups in total. The fourth-order valence-corrected chi connectivity index (χ4v) is 1.28. The number of halogens is 1. The van der Waals surface area contributed by atoms with Gasteiger partial charge in [-0.3, -0.25) is 4.79 Å². The van der Waals surface area contributed by atoms with Crippen molar-refractivity contribution in [3.8, 4) is 5.75 Å². The first-order valence-corrected chi connectivity index (χ1v) is 4.91. The predicted octanol–water partition coefficient (Wildman–Crippen LogP) is 1.16. The van der Waals surface area contributed by atoms with Crippen LogP contribution in [0.4, 0.5) is 0 Å². The van der Waals surface area contributed by atoms with Crippen LogP contribution in [0, 0.1) is 0 Å². The van der Waals surface area contributed by atoms with Gasteiger partial charge in [-0.15, -0.1) is 0 Å². The molecule has 0 fully saturated rings. The Kier molecular flexibility index (Phi) is 4.39. The summed E-state index contributed by atoms with van der Waals surface area (Å²) in [6, 6.07) is 4.48. The highest BCUT2D eigenvalue weighted by Crippen LogP contribution is 2.26. The standard InChI is InChI=1S/C10H12ClNO3/c11-9-7(3-1-4-8(9)14)10(15)12-5-2-6-13/h1,3-4,13-14H,2,5-6H2,(H,12,15). The van der Waals surface area contributed by atoms with Crippen LogP contribution >= 0.6 is 11.6 Å². The van der Waals surface area contributed by atoms with Crippen molar-refractivity contribution in [1.82, 2.24) is 5.32 Å². The lowest BCUT2D eigenvalue weighted by atomic mass is 10.2. The van der Waals surface area contributed by atoms with Gasteiger partial charge in [-0.2, -0.15) is 0 Å². The lowest BCUT2D eigenvalue weighted by Crippen LogP contribution is -2.25. The van der Waals surface area contributed by atoms with Gasteiger partial charge in [-0.25, -0.2) is 0 Å². The number of phenols is 1. The highest BCUT2D eigenvalue weighted by Gasteiger charge is 2.11. The van der Waals surface area contributed by atoms with Gasteiger partial charge >= 0.3 is 0 Å². The first kappa shape index (κ1) is 11.8. The molecular formula is C10H12ClNO3. The summed E-state index contributed by atoms with van der Waals surface area (Å²) in [5, 5.41) is 20.4. The van der Waals surface area contributed by atoms with E-state index in [9.17, 15) is 9.90 Å². The van der Waals surface area contributed by atoms with E-state index in [-0.39, 0.29) is 28.8 Å². The van der Waals surface area contributed by atoms with E-state index in [1.54, 1.807) is 6.07 Å². The van der Waals surface area contributed by atoms with Crippen molar-refractivity contribution in [3.63, 3.8) is 0 Å². The van der Waals surface area contributed by atoms with Crippen LogP contribution in [0.2, 0.25) is 5.02 Å². The van der Waals surface area contributed by atoms with E-state index < -0.39 is 0 Å². The van der Waals surface area contributed by atoms with E-state index in [0.29, 0.717) is 13.0 Å². The van der Waals surface area contributed by atoms with Crippen LogP contribution in [0.15, 0.2) is 18.2 Å². The Morgan fingerprint density at radius 3 is 2.87 bits per heavy atom. The minimum absolute atomic E-state index is 0.0219. The van der Waals surface area contributed by atoms with Crippen molar-refractivity contribution < 1.29 is 15.0 Å². The molecule has 0 atom stereocenters. The molecule has 1 aromatic carbocycles. The summed E-state index contributed by atoms with van der Waals surface area (Å²) in [5.74, 6) is -0.476. The Morgan fingerprint density at radius 1 is 1.47 bits per heavy atom. The number of aliphatic hydroxyl groups is 1. The first-order chi connectivity index (χ1) is 7.16. The van der Waals surface area contributed by atoms with Crippen molar-refractivity contribution in [2.24, 2.45) is 0 Å². The van der Waals surface area contributed by atoms with Crippen molar-refractivity contribution in [3.05, 3.63) is 28.8 Å². The normalized spacial score (nSPS) is 10.0. The Labute approximate surface area is 92.5 Å². The number of rotatable bonds is 4. The summed E-state index contributed by atoms with van der Waals surface area (Å²) >= 11 is 5.74. The zero-order valence-electron chi connectivity index (χ0n) is 8.03. The monoisotopic (exact) mass is 229 g/mol. The van der Waals surface area contributed by atoms with Crippen LogP contribution in [-0.4, -0.2) is 29.3 Å². The Bertz CT molecular complexity index is 355. The van der Waals surface area contributed by atoms with E-state index in [1.165, 1.54) is 12.1 Å². The van der Waals surface area contributed by atoms with Crippen LogP contribution in [-0.2, 0) is 0 Å². The van der Waals surface area contributed by atoms with E-state index >= 15 is 0 Å². The largest absolute Gasteiger partial charge is 0.506 e. The van der Waals surface area contributed by atoms with Crippen LogP contribution in [0.5, 0.6) is 5.75 Å². The van der Waals surface area contributed by atoms with Crippen LogP contribution < -0.4 is 5.32 Å². The van der Waals surface area contributed by atoms with Crippen molar-refractivity contribution in [2.75, 3.05) is 13.2 Å². The van der Waals surface area contributed by atoms with Gasteiger partial charge in [0.15, 0.2) is 0 Å². The zero-order valence-corrected chi connectivity index (χ0v) is 8.79. The second kappa shape index (κ2) is 5.58.